The van der Waals surface area contributed by atoms with E-state index in [1.165, 1.54) is 18.3 Å². The fraction of sp³-hybridized carbons (Fsp3) is 0.200. The number of anilines is 2. The van der Waals surface area contributed by atoms with E-state index < -0.39 is 23.1 Å². The second-order valence-corrected chi connectivity index (χ2v) is 11.4. The van der Waals surface area contributed by atoms with Crippen molar-refractivity contribution in [3.63, 3.8) is 0 Å². The average molecular weight is 622 g/mol. The average Bonchev–Trinajstić information content (AvgIpc) is 3.32. The SMILES string of the molecule is C=C(F)C(=O)Nc1ccc(-c2c(-c3ccc(Oc4nccc(C)n4)c(F)c3)c3c(N)ncc(C#CC(C)(C)N(C)C)c3n2C)cc1. The number of carbonyl (C=O) groups excluding carboxylic acids is 1. The van der Waals surface area contributed by atoms with Gasteiger partial charge in [-0.1, -0.05) is 36.6 Å². The fourth-order valence-corrected chi connectivity index (χ4v) is 4.77. The van der Waals surface area contributed by atoms with Gasteiger partial charge in [0.1, 0.15) is 5.82 Å². The molecule has 0 fully saturated rings. The number of ether oxygens (including phenoxy) is 1. The number of aryl methyl sites for hydroxylation is 2. The first-order valence-corrected chi connectivity index (χ1v) is 14.3. The van der Waals surface area contributed by atoms with Gasteiger partial charge in [-0.3, -0.25) is 9.69 Å². The van der Waals surface area contributed by atoms with Gasteiger partial charge in [0.2, 0.25) is 0 Å². The van der Waals surface area contributed by atoms with Crippen LogP contribution in [-0.2, 0) is 11.8 Å². The molecule has 0 unspecified atom stereocenters. The van der Waals surface area contributed by atoms with E-state index in [-0.39, 0.29) is 17.6 Å². The number of nitrogens with zero attached hydrogens (tertiary/aromatic N) is 5. The van der Waals surface area contributed by atoms with Crippen LogP contribution in [0.3, 0.4) is 0 Å². The minimum Gasteiger partial charge on any atom is -0.421 e. The van der Waals surface area contributed by atoms with Crippen LogP contribution in [-0.4, -0.2) is 50.0 Å². The topological polar surface area (TPSA) is 111 Å². The van der Waals surface area contributed by atoms with Crippen LogP contribution in [0.5, 0.6) is 11.8 Å². The Kier molecular flexibility index (Phi) is 8.59. The molecule has 0 bridgehead atoms. The highest BCUT2D eigenvalue weighted by atomic mass is 19.1. The summed E-state index contributed by atoms with van der Waals surface area (Å²) in [5.74, 6) is 4.12. The van der Waals surface area contributed by atoms with Crippen molar-refractivity contribution in [1.82, 2.24) is 24.4 Å². The zero-order chi connectivity index (χ0) is 33.3. The summed E-state index contributed by atoms with van der Waals surface area (Å²) in [4.78, 5) is 26.6. The van der Waals surface area contributed by atoms with Gasteiger partial charge < -0.3 is 20.4 Å². The molecule has 2 aromatic carbocycles. The molecule has 0 spiro atoms. The van der Waals surface area contributed by atoms with E-state index in [0.717, 1.165) is 0 Å². The van der Waals surface area contributed by atoms with E-state index >= 15 is 4.39 Å². The van der Waals surface area contributed by atoms with Crippen molar-refractivity contribution in [3.05, 3.63) is 90.4 Å². The van der Waals surface area contributed by atoms with Gasteiger partial charge in [-0.15, -0.1) is 0 Å². The number of nitrogens with one attached hydrogen (secondary N) is 1. The number of nitrogen functional groups attached to an aromatic ring is 1. The largest absolute Gasteiger partial charge is 0.421 e. The molecule has 1 amide bonds. The van der Waals surface area contributed by atoms with E-state index in [0.29, 0.717) is 50.2 Å². The molecule has 5 aromatic rings. The van der Waals surface area contributed by atoms with Crippen LogP contribution in [0.2, 0.25) is 0 Å². The van der Waals surface area contributed by atoms with Crippen LogP contribution in [0.4, 0.5) is 20.3 Å². The Morgan fingerprint density at radius 1 is 1.11 bits per heavy atom. The predicted molar refractivity (Wildman–Crippen MR) is 176 cm³/mol. The van der Waals surface area contributed by atoms with E-state index in [2.05, 4.69) is 38.7 Å². The van der Waals surface area contributed by atoms with Crippen molar-refractivity contribution >= 4 is 28.3 Å². The zero-order valence-electron chi connectivity index (χ0n) is 26.4. The lowest BCUT2D eigenvalue weighted by molar-refractivity contribution is -0.114. The Morgan fingerprint density at radius 2 is 1.80 bits per heavy atom. The van der Waals surface area contributed by atoms with Crippen molar-refractivity contribution < 1.29 is 18.3 Å². The Balaban J connectivity index is 1.72. The third-order valence-electron chi connectivity index (χ3n) is 7.72. The molecule has 3 N–H and O–H groups in total. The van der Waals surface area contributed by atoms with Crippen molar-refractivity contribution in [2.24, 2.45) is 7.05 Å². The van der Waals surface area contributed by atoms with Crippen LogP contribution in [0, 0.1) is 24.6 Å². The monoisotopic (exact) mass is 621 g/mol. The first-order chi connectivity index (χ1) is 21.8. The number of nitrogens with two attached hydrogens (primary N) is 1. The number of hydrogen-bond donors (Lipinski definition) is 2. The van der Waals surface area contributed by atoms with Gasteiger partial charge in [0, 0.05) is 36.4 Å². The van der Waals surface area contributed by atoms with Gasteiger partial charge in [-0.25, -0.2) is 23.7 Å². The number of amides is 1. The van der Waals surface area contributed by atoms with Gasteiger partial charge >= 0.3 is 6.01 Å². The minimum atomic E-state index is -1.10. The summed E-state index contributed by atoms with van der Waals surface area (Å²) in [5, 5.41) is 3.05. The van der Waals surface area contributed by atoms with Crippen molar-refractivity contribution in [2.75, 3.05) is 25.1 Å². The van der Waals surface area contributed by atoms with Crippen LogP contribution < -0.4 is 15.8 Å². The molecule has 0 aliphatic carbocycles. The van der Waals surface area contributed by atoms with Crippen LogP contribution in [0.1, 0.15) is 25.1 Å². The van der Waals surface area contributed by atoms with E-state index in [9.17, 15) is 9.18 Å². The summed E-state index contributed by atoms with van der Waals surface area (Å²) in [6, 6.07) is 13.1. The van der Waals surface area contributed by atoms with Gasteiger partial charge in [0.05, 0.1) is 27.7 Å². The molecule has 0 aliphatic rings. The number of aromatic nitrogens is 4. The lowest BCUT2D eigenvalue weighted by Gasteiger charge is -2.26. The van der Waals surface area contributed by atoms with E-state index in [1.807, 2.05) is 44.5 Å². The first-order valence-electron chi connectivity index (χ1n) is 14.3. The summed E-state index contributed by atoms with van der Waals surface area (Å²) in [5.41, 5.74) is 11.0. The number of rotatable bonds is 7. The van der Waals surface area contributed by atoms with Crippen molar-refractivity contribution in [3.8, 4) is 46.0 Å². The lowest BCUT2D eigenvalue weighted by atomic mass is 9.97. The number of benzene rings is 2. The summed E-state index contributed by atoms with van der Waals surface area (Å²) < 4.78 is 36.6. The first kappa shape index (κ1) is 31.8. The molecule has 0 saturated heterocycles. The quantitative estimate of drug-likeness (QED) is 0.155. The second kappa shape index (κ2) is 12.4. The molecule has 3 aromatic heterocycles. The van der Waals surface area contributed by atoms with Crippen LogP contribution >= 0.6 is 0 Å². The fourth-order valence-electron chi connectivity index (χ4n) is 4.77. The van der Waals surface area contributed by atoms with Crippen LogP contribution in [0.15, 0.2) is 73.3 Å². The molecule has 5 rings (SSSR count). The molecular formula is C35H33F2N7O2. The summed E-state index contributed by atoms with van der Waals surface area (Å²) in [7, 11) is 5.77. The van der Waals surface area contributed by atoms with Gasteiger partial charge in [0.15, 0.2) is 17.4 Å². The molecule has 3 heterocycles. The Hall–Kier alpha value is -5.60. The molecule has 11 heteroatoms. The highest BCUT2D eigenvalue weighted by Crippen LogP contribution is 2.44. The van der Waals surface area contributed by atoms with Crippen molar-refractivity contribution in [1.29, 1.82) is 0 Å². The highest BCUT2D eigenvalue weighted by molar-refractivity contribution is 6.11. The maximum atomic E-state index is 15.7. The second-order valence-electron chi connectivity index (χ2n) is 11.4. The summed E-state index contributed by atoms with van der Waals surface area (Å²) >= 11 is 0. The molecular weight excluding hydrogens is 588 g/mol. The van der Waals surface area contributed by atoms with Crippen LogP contribution in [0.25, 0.3) is 33.3 Å². The molecule has 234 valence electrons. The maximum Gasteiger partial charge on any atom is 0.322 e. The van der Waals surface area contributed by atoms with Gasteiger partial charge in [-0.2, -0.15) is 0 Å². The lowest BCUT2D eigenvalue weighted by Crippen LogP contribution is -2.36. The highest BCUT2D eigenvalue weighted by Gasteiger charge is 2.25. The normalized spacial score (nSPS) is 11.3. The number of carbonyl (C=O) groups is 1. The smallest absolute Gasteiger partial charge is 0.322 e. The Labute approximate surface area is 265 Å². The number of hydrogen-bond acceptors (Lipinski definition) is 7. The third-order valence-corrected chi connectivity index (χ3v) is 7.72. The Bertz CT molecular complexity index is 2060. The number of pyridine rings is 1. The Morgan fingerprint density at radius 3 is 2.43 bits per heavy atom. The summed E-state index contributed by atoms with van der Waals surface area (Å²) in [6.45, 7) is 8.84. The standard InChI is InChI=1S/C35H33F2N7O2/c1-20-15-17-39-34(41-20)46-27-13-10-23(18-26(27)37)28-29-31(24(19-40-32(29)38)14-16-35(3,4)43(5)6)44(7)30(28)22-8-11-25(12-9-22)42-33(45)21(2)36/h8-13,15,17-19H,2H2,1,3-7H3,(H2,38,40)(H,42,45). The minimum absolute atomic E-state index is 0.0262. The molecule has 46 heavy (non-hydrogen) atoms. The van der Waals surface area contributed by atoms with Gasteiger partial charge in [-0.05, 0) is 76.3 Å². The third kappa shape index (κ3) is 6.29. The van der Waals surface area contributed by atoms with E-state index in [1.54, 1.807) is 49.5 Å². The van der Waals surface area contributed by atoms with E-state index in [4.69, 9.17) is 10.5 Å². The predicted octanol–water partition coefficient (Wildman–Crippen LogP) is 6.63. The number of halogens is 2. The molecule has 0 radical (unpaired) electrons. The summed E-state index contributed by atoms with van der Waals surface area (Å²) in [6.07, 6.45) is 3.17. The van der Waals surface area contributed by atoms with Gasteiger partial charge in [0.25, 0.3) is 5.91 Å². The number of fused-ring (bicyclic) bond motifs is 1. The zero-order valence-corrected chi connectivity index (χ0v) is 26.4. The molecule has 9 nitrogen and oxygen atoms in total. The molecule has 0 aliphatic heterocycles. The maximum absolute atomic E-state index is 15.7. The molecule has 0 saturated carbocycles. The molecule has 0 atom stereocenters. The van der Waals surface area contributed by atoms with Crippen molar-refractivity contribution in [2.45, 2.75) is 26.3 Å².